The zero-order valence-corrected chi connectivity index (χ0v) is 16.9. The molecule has 31 heavy (non-hydrogen) atoms. The summed E-state index contributed by atoms with van der Waals surface area (Å²) in [6.45, 7) is 0. The van der Waals surface area contributed by atoms with Crippen molar-refractivity contribution in [1.29, 1.82) is 0 Å². The predicted molar refractivity (Wildman–Crippen MR) is 117 cm³/mol. The van der Waals surface area contributed by atoms with E-state index in [2.05, 4.69) is 0 Å². The number of aryl methyl sites for hydroxylation is 1. The van der Waals surface area contributed by atoms with Crippen LogP contribution in [0.5, 0.6) is 17.2 Å². The molecule has 5 heteroatoms. The van der Waals surface area contributed by atoms with Crippen molar-refractivity contribution >= 4 is 10.8 Å². The quantitative estimate of drug-likeness (QED) is 0.316. The van der Waals surface area contributed by atoms with Gasteiger partial charge in [-0.05, 0) is 53.3 Å². The van der Waals surface area contributed by atoms with Gasteiger partial charge in [-0.3, -0.25) is 0 Å². The third-order valence-electron chi connectivity index (χ3n) is 5.08. The molecule has 0 atom stereocenters. The number of methoxy groups -OCH3 is 1. The van der Waals surface area contributed by atoms with E-state index in [0.717, 1.165) is 16.3 Å². The highest BCUT2D eigenvalue weighted by Gasteiger charge is 2.28. The Labute approximate surface area is 178 Å². The number of hydrogen-bond acceptors (Lipinski definition) is 2. The molecule has 158 valence electrons. The minimum Gasteiger partial charge on any atom is -0.497 e. The average molecular weight is 422 g/mol. The molecule has 4 aromatic carbocycles. The first-order valence-electron chi connectivity index (χ1n) is 9.93. The average Bonchev–Trinajstić information content (AvgIpc) is 2.78. The van der Waals surface area contributed by atoms with Crippen LogP contribution in [0.4, 0.5) is 13.2 Å². The maximum atomic E-state index is 13.1. The van der Waals surface area contributed by atoms with E-state index in [-0.39, 0.29) is 6.42 Å². The summed E-state index contributed by atoms with van der Waals surface area (Å²) in [6, 6.07) is 26.0. The predicted octanol–water partition coefficient (Wildman–Crippen LogP) is 7.80. The normalized spacial score (nSPS) is 11.5. The van der Waals surface area contributed by atoms with Gasteiger partial charge >= 0.3 is 6.18 Å². The summed E-state index contributed by atoms with van der Waals surface area (Å²) in [7, 11) is 1.56. The molecule has 0 amide bonds. The van der Waals surface area contributed by atoms with E-state index >= 15 is 0 Å². The van der Waals surface area contributed by atoms with Gasteiger partial charge in [0.1, 0.15) is 17.2 Å². The van der Waals surface area contributed by atoms with Crippen LogP contribution in [0.2, 0.25) is 0 Å². The molecular formula is C26H21F3O2. The van der Waals surface area contributed by atoms with Gasteiger partial charge in [0.25, 0.3) is 0 Å². The van der Waals surface area contributed by atoms with Crippen LogP contribution < -0.4 is 9.47 Å². The Morgan fingerprint density at radius 1 is 0.774 bits per heavy atom. The molecule has 0 saturated heterocycles. The number of benzene rings is 4. The molecule has 0 heterocycles. The van der Waals surface area contributed by atoms with Gasteiger partial charge in [0.2, 0.25) is 0 Å². The summed E-state index contributed by atoms with van der Waals surface area (Å²) < 4.78 is 50.9. The van der Waals surface area contributed by atoms with Gasteiger partial charge in [0.05, 0.1) is 7.11 Å². The van der Waals surface area contributed by atoms with Crippen molar-refractivity contribution in [2.75, 3.05) is 7.11 Å². The van der Waals surface area contributed by atoms with Crippen LogP contribution in [-0.4, -0.2) is 13.3 Å². The van der Waals surface area contributed by atoms with Crippen molar-refractivity contribution < 1.29 is 22.6 Å². The number of halogens is 3. The number of fused-ring (bicyclic) bond motifs is 1. The van der Waals surface area contributed by atoms with Crippen molar-refractivity contribution in [2.24, 2.45) is 0 Å². The molecule has 0 fully saturated rings. The molecule has 2 nitrogen and oxygen atoms in total. The number of ether oxygens (including phenoxy) is 2. The molecule has 0 aromatic heterocycles. The first kappa shape index (κ1) is 20.8. The first-order valence-corrected chi connectivity index (χ1v) is 9.93. The lowest BCUT2D eigenvalue weighted by Gasteiger charge is -2.20. The van der Waals surface area contributed by atoms with Gasteiger partial charge in [-0.2, -0.15) is 13.2 Å². The van der Waals surface area contributed by atoms with Crippen LogP contribution in [-0.2, 0) is 6.42 Å². The Morgan fingerprint density at radius 2 is 1.45 bits per heavy atom. The van der Waals surface area contributed by atoms with Crippen molar-refractivity contribution in [2.45, 2.75) is 19.0 Å². The Kier molecular flexibility index (Phi) is 5.85. The zero-order valence-electron chi connectivity index (χ0n) is 16.9. The lowest BCUT2D eigenvalue weighted by atomic mass is 9.91. The standard InChI is InChI=1S/C26H21F3O2/c1-30-22-12-13-23-20(17-22)16-19(14-15-26(27,28)29)24(18-8-4-2-5-9-18)25(23)31-21-10-6-3-7-11-21/h2-13,16-17H,14-15H2,1H3. The Bertz CT molecular complexity index is 1170. The van der Waals surface area contributed by atoms with Gasteiger partial charge < -0.3 is 9.47 Å². The van der Waals surface area contributed by atoms with Gasteiger partial charge in [-0.25, -0.2) is 0 Å². The summed E-state index contributed by atoms with van der Waals surface area (Å²) in [4.78, 5) is 0. The maximum Gasteiger partial charge on any atom is 0.389 e. The minimum absolute atomic E-state index is 0.147. The molecule has 0 saturated carbocycles. The van der Waals surface area contributed by atoms with Gasteiger partial charge in [-0.15, -0.1) is 0 Å². The van der Waals surface area contributed by atoms with Crippen LogP contribution in [0.1, 0.15) is 12.0 Å². The molecule has 0 aliphatic carbocycles. The maximum absolute atomic E-state index is 13.1. The number of hydrogen-bond donors (Lipinski definition) is 0. The molecule has 4 aromatic rings. The molecular weight excluding hydrogens is 401 g/mol. The Balaban J connectivity index is 1.98. The summed E-state index contributed by atoms with van der Waals surface area (Å²) >= 11 is 0. The second-order valence-electron chi connectivity index (χ2n) is 7.22. The monoisotopic (exact) mass is 422 g/mol. The van der Waals surface area contributed by atoms with Crippen LogP contribution >= 0.6 is 0 Å². The number of rotatable bonds is 6. The fraction of sp³-hybridized carbons (Fsp3) is 0.154. The van der Waals surface area contributed by atoms with Crippen LogP contribution in [0.3, 0.4) is 0 Å². The van der Waals surface area contributed by atoms with E-state index in [9.17, 15) is 13.2 Å². The molecule has 4 rings (SSSR count). The second kappa shape index (κ2) is 8.72. The number of para-hydroxylation sites is 1. The van der Waals surface area contributed by atoms with Crippen molar-refractivity contribution in [3.63, 3.8) is 0 Å². The van der Waals surface area contributed by atoms with E-state index in [1.807, 2.05) is 84.9 Å². The lowest BCUT2D eigenvalue weighted by molar-refractivity contribution is -0.133. The van der Waals surface area contributed by atoms with Crippen LogP contribution in [0.15, 0.2) is 84.9 Å². The summed E-state index contributed by atoms with van der Waals surface area (Å²) in [5.74, 6) is 1.78. The van der Waals surface area contributed by atoms with E-state index in [1.165, 1.54) is 0 Å². The third-order valence-corrected chi connectivity index (χ3v) is 5.08. The van der Waals surface area contributed by atoms with Crippen LogP contribution in [0.25, 0.3) is 21.9 Å². The fourth-order valence-corrected chi connectivity index (χ4v) is 3.64. The van der Waals surface area contributed by atoms with Gasteiger partial charge in [0, 0.05) is 17.4 Å². The largest absolute Gasteiger partial charge is 0.497 e. The smallest absolute Gasteiger partial charge is 0.389 e. The van der Waals surface area contributed by atoms with Crippen LogP contribution in [0, 0.1) is 0 Å². The van der Waals surface area contributed by atoms with Crippen molar-refractivity contribution in [1.82, 2.24) is 0 Å². The molecule has 0 N–H and O–H groups in total. The van der Waals surface area contributed by atoms with Gasteiger partial charge in [0.15, 0.2) is 0 Å². The second-order valence-corrected chi connectivity index (χ2v) is 7.22. The molecule has 0 radical (unpaired) electrons. The summed E-state index contributed by atoms with van der Waals surface area (Å²) in [6.07, 6.45) is -5.31. The molecule has 0 bridgehead atoms. The molecule has 0 aliphatic heterocycles. The zero-order chi connectivity index (χ0) is 21.8. The van der Waals surface area contributed by atoms with Gasteiger partial charge in [-0.1, -0.05) is 54.6 Å². The molecule has 0 unspecified atom stereocenters. The lowest BCUT2D eigenvalue weighted by Crippen LogP contribution is -2.09. The van der Waals surface area contributed by atoms with Crippen molar-refractivity contribution in [3.05, 3.63) is 90.5 Å². The number of alkyl halides is 3. The third kappa shape index (κ3) is 4.82. The minimum atomic E-state index is -4.25. The van der Waals surface area contributed by atoms with E-state index < -0.39 is 12.6 Å². The highest BCUT2D eigenvalue weighted by Crippen LogP contribution is 2.44. The summed E-state index contributed by atoms with van der Waals surface area (Å²) in [5, 5.41) is 1.57. The van der Waals surface area contributed by atoms with E-state index in [1.54, 1.807) is 7.11 Å². The summed E-state index contributed by atoms with van der Waals surface area (Å²) in [5.41, 5.74) is 2.06. The van der Waals surface area contributed by atoms with Crippen molar-refractivity contribution in [3.8, 4) is 28.4 Å². The highest BCUT2D eigenvalue weighted by molar-refractivity contribution is 5.97. The van der Waals surface area contributed by atoms with E-state index in [4.69, 9.17) is 9.47 Å². The Morgan fingerprint density at radius 3 is 2.10 bits per heavy atom. The SMILES string of the molecule is COc1ccc2c(Oc3ccccc3)c(-c3ccccc3)c(CCC(F)(F)F)cc2c1. The molecule has 0 spiro atoms. The molecule has 0 aliphatic rings. The Hall–Kier alpha value is -3.47. The highest BCUT2D eigenvalue weighted by atomic mass is 19.4. The van der Waals surface area contributed by atoms with E-state index in [0.29, 0.717) is 28.4 Å². The fourth-order valence-electron chi connectivity index (χ4n) is 3.64. The topological polar surface area (TPSA) is 18.5 Å². The first-order chi connectivity index (χ1) is 14.9.